The van der Waals surface area contributed by atoms with E-state index in [9.17, 15) is 13.0 Å². The largest absolute Gasteiger partial charge is 0.312 e. The van der Waals surface area contributed by atoms with Gasteiger partial charge in [0.1, 0.15) is 11.6 Å². The van der Waals surface area contributed by atoms with Crippen molar-refractivity contribution in [3.05, 3.63) is 33.8 Å². The Morgan fingerprint density at radius 2 is 2.12 bits per heavy atom. The van der Waals surface area contributed by atoms with E-state index in [1.807, 2.05) is 0 Å². The van der Waals surface area contributed by atoms with Gasteiger partial charge in [0.15, 0.2) is 0 Å². The summed E-state index contributed by atoms with van der Waals surface area (Å²) < 4.78 is 37.7. The molecule has 0 saturated carbocycles. The first kappa shape index (κ1) is 13.7. The predicted octanol–water partition coefficient (Wildman–Crippen LogP) is 2.20. The van der Waals surface area contributed by atoms with Gasteiger partial charge in [0.05, 0.1) is 4.47 Å². The van der Waals surface area contributed by atoms with Gasteiger partial charge in [-0.25, -0.2) is 8.78 Å². The van der Waals surface area contributed by atoms with Crippen molar-refractivity contribution >= 4 is 26.7 Å². The lowest BCUT2D eigenvalue weighted by Gasteiger charge is -2.07. The van der Waals surface area contributed by atoms with E-state index in [-0.39, 0.29) is 16.6 Å². The van der Waals surface area contributed by atoms with E-state index in [1.165, 1.54) is 12.1 Å². The molecule has 0 radical (unpaired) electrons. The van der Waals surface area contributed by atoms with E-state index < -0.39 is 22.4 Å². The van der Waals surface area contributed by atoms with Crippen LogP contribution in [0.1, 0.15) is 5.56 Å². The highest BCUT2D eigenvalue weighted by molar-refractivity contribution is 9.10. The minimum Gasteiger partial charge on any atom is -0.312 e. The van der Waals surface area contributed by atoms with Gasteiger partial charge in [-0.2, -0.15) is 0 Å². The Hall–Kier alpha value is -0.330. The zero-order valence-electron chi connectivity index (χ0n) is 8.73. The molecular formula is C10H12BrF2NOS. The molecule has 6 heteroatoms. The minimum absolute atomic E-state index is 0.00346. The van der Waals surface area contributed by atoms with Gasteiger partial charge < -0.3 is 5.32 Å². The molecule has 2 nitrogen and oxygen atoms in total. The molecule has 1 atom stereocenters. The smallest absolute Gasteiger partial charge is 0.144 e. The average Bonchev–Trinajstić information content (AvgIpc) is 2.22. The summed E-state index contributed by atoms with van der Waals surface area (Å²) in [6.07, 6.45) is 1.59. The van der Waals surface area contributed by atoms with Crippen LogP contribution in [0.5, 0.6) is 0 Å². The molecule has 1 rings (SSSR count). The fourth-order valence-electron chi connectivity index (χ4n) is 1.16. The summed E-state index contributed by atoms with van der Waals surface area (Å²) in [7, 11) is -0.898. The minimum atomic E-state index is -0.898. The fraction of sp³-hybridized carbons (Fsp3) is 0.400. The van der Waals surface area contributed by atoms with E-state index in [2.05, 4.69) is 21.2 Å². The van der Waals surface area contributed by atoms with Crippen LogP contribution in [0.15, 0.2) is 16.6 Å². The molecule has 0 aliphatic carbocycles. The van der Waals surface area contributed by atoms with Gasteiger partial charge >= 0.3 is 0 Å². The summed E-state index contributed by atoms with van der Waals surface area (Å²) in [4.78, 5) is 0. The fourth-order valence-corrected chi connectivity index (χ4v) is 1.96. The maximum atomic E-state index is 13.5. The molecule has 0 aliphatic rings. The summed E-state index contributed by atoms with van der Waals surface area (Å²) in [6, 6.07) is 2.54. The van der Waals surface area contributed by atoms with E-state index in [1.54, 1.807) is 6.26 Å². The van der Waals surface area contributed by atoms with E-state index in [4.69, 9.17) is 0 Å². The first-order valence-electron chi connectivity index (χ1n) is 4.65. The standard InChI is InChI=1S/C10H12BrF2NOS/c1-16(15)5-4-14-6-7-9(12)3-2-8(11)10(7)13/h2-3,14H,4-6H2,1H3. The van der Waals surface area contributed by atoms with Gasteiger partial charge in [-0.1, -0.05) is 0 Å². The Balaban J connectivity index is 2.60. The first-order valence-corrected chi connectivity index (χ1v) is 7.17. The SMILES string of the molecule is CS(=O)CCNCc1c(F)ccc(Br)c1F. The van der Waals surface area contributed by atoms with Gasteiger partial charge in [0.25, 0.3) is 0 Å². The zero-order chi connectivity index (χ0) is 12.1. The molecule has 0 aliphatic heterocycles. The number of hydrogen-bond acceptors (Lipinski definition) is 2. The Labute approximate surface area is 104 Å². The van der Waals surface area contributed by atoms with Crippen molar-refractivity contribution in [3.8, 4) is 0 Å². The molecule has 90 valence electrons. The Kier molecular flexibility index (Phi) is 5.51. The zero-order valence-corrected chi connectivity index (χ0v) is 11.1. The van der Waals surface area contributed by atoms with Crippen LogP contribution < -0.4 is 5.32 Å². The lowest BCUT2D eigenvalue weighted by Crippen LogP contribution is -2.21. The molecule has 0 bridgehead atoms. The number of nitrogens with one attached hydrogen (secondary N) is 1. The molecule has 0 spiro atoms. The van der Waals surface area contributed by atoms with Crippen LogP contribution in [-0.4, -0.2) is 22.8 Å². The van der Waals surface area contributed by atoms with Crippen LogP contribution in [0.3, 0.4) is 0 Å². The molecule has 1 aromatic rings. The molecule has 0 amide bonds. The normalized spacial score (nSPS) is 12.8. The third kappa shape index (κ3) is 3.92. The van der Waals surface area contributed by atoms with Gasteiger partial charge in [-0.05, 0) is 28.1 Å². The van der Waals surface area contributed by atoms with Gasteiger partial charge in [-0.3, -0.25) is 4.21 Å². The summed E-state index contributed by atoms with van der Waals surface area (Å²) in [5.41, 5.74) is -0.00346. The highest BCUT2D eigenvalue weighted by Crippen LogP contribution is 2.21. The molecule has 1 N–H and O–H groups in total. The molecule has 0 fully saturated rings. The topological polar surface area (TPSA) is 29.1 Å². The van der Waals surface area contributed by atoms with Crippen molar-refractivity contribution in [1.29, 1.82) is 0 Å². The van der Waals surface area contributed by atoms with Gasteiger partial charge in [0, 0.05) is 41.5 Å². The molecule has 0 saturated heterocycles. The maximum absolute atomic E-state index is 13.5. The highest BCUT2D eigenvalue weighted by atomic mass is 79.9. The summed E-state index contributed by atoms with van der Waals surface area (Å²) >= 11 is 2.99. The average molecular weight is 312 g/mol. The van der Waals surface area contributed by atoms with Crippen LogP contribution in [0.4, 0.5) is 8.78 Å². The Morgan fingerprint density at radius 3 is 2.75 bits per heavy atom. The second kappa shape index (κ2) is 6.42. The monoisotopic (exact) mass is 311 g/mol. The second-order valence-corrected chi connectivity index (χ2v) is 5.68. The van der Waals surface area contributed by atoms with Crippen molar-refractivity contribution in [2.75, 3.05) is 18.6 Å². The second-order valence-electron chi connectivity index (χ2n) is 3.28. The summed E-state index contributed by atoms with van der Waals surface area (Å²) in [6.45, 7) is 0.558. The summed E-state index contributed by atoms with van der Waals surface area (Å²) in [5, 5.41) is 2.85. The predicted molar refractivity (Wildman–Crippen MR) is 64.7 cm³/mol. The lowest BCUT2D eigenvalue weighted by molar-refractivity contribution is 0.536. The molecule has 0 heterocycles. The summed E-state index contributed by atoms with van der Waals surface area (Å²) in [5.74, 6) is -0.701. The van der Waals surface area contributed by atoms with Gasteiger partial charge in [0.2, 0.25) is 0 Å². The Bertz CT molecular complexity index is 401. The van der Waals surface area contributed by atoms with Crippen LogP contribution in [-0.2, 0) is 17.3 Å². The molecule has 1 unspecified atom stereocenters. The van der Waals surface area contributed by atoms with E-state index in [0.29, 0.717) is 12.3 Å². The van der Waals surface area contributed by atoms with Crippen molar-refractivity contribution < 1.29 is 13.0 Å². The third-order valence-electron chi connectivity index (χ3n) is 2.01. The Morgan fingerprint density at radius 1 is 1.44 bits per heavy atom. The lowest BCUT2D eigenvalue weighted by atomic mass is 10.2. The van der Waals surface area contributed by atoms with Crippen molar-refractivity contribution in [2.45, 2.75) is 6.54 Å². The third-order valence-corrected chi connectivity index (χ3v) is 3.40. The number of hydrogen-bond donors (Lipinski definition) is 1. The van der Waals surface area contributed by atoms with Crippen molar-refractivity contribution in [2.24, 2.45) is 0 Å². The molecule has 0 aromatic heterocycles. The van der Waals surface area contributed by atoms with Crippen LogP contribution in [0, 0.1) is 11.6 Å². The number of benzene rings is 1. The van der Waals surface area contributed by atoms with E-state index >= 15 is 0 Å². The molecule has 1 aromatic carbocycles. The number of rotatable bonds is 5. The molecular weight excluding hydrogens is 300 g/mol. The highest BCUT2D eigenvalue weighted by Gasteiger charge is 2.11. The quantitative estimate of drug-likeness (QED) is 0.667. The first-order chi connectivity index (χ1) is 7.52. The van der Waals surface area contributed by atoms with Crippen molar-refractivity contribution in [1.82, 2.24) is 5.32 Å². The van der Waals surface area contributed by atoms with Crippen LogP contribution in [0.2, 0.25) is 0 Å². The van der Waals surface area contributed by atoms with E-state index in [0.717, 1.165) is 0 Å². The van der Waals surface area contributed by atoms with Crippen LogP contribution >= 0.6 is 15.9 Å². The number of halogens is 3. The molecule has 16 heavy (non-hydrogen) atoms. The van der Waals surface area contributed by atoms with Crippen molar-refractivity contribution in [3.63, 3.8) is 0 Å². The van der Waals surface area contributed by atoms with Gasteiger partial charge in [-0.15, -0.1) is 0 Å². The van der Waals surface area contributed by atoms with Crippen LogP contribution in [0.25, 0.3) is 0 Å². The maximum Gasteiger partial charge on any atom is 0.144 e.